The number of ether oxygens (including phenoxy) is 3. The molecule has 0 aliphatic rings. The molecule has 0 amide bonds. The molecule has 40 heavy (non-hydrogen) atoms. The molecule has 0 saturated carbocycles. The number of benzene rings is 3. The third-order valence-electron chi connectivity index (χ3n) is 6.69. The van der Waals surface area contributed by atoms with Crippen LogP contribution in [0.15, 0.2) is 66.7 Å². The molecule has 0 fully saturated rings. The van der Waals surface area contributed by atoms with Crippen molar-refractivity contribution in [1.82, 2.24) is 0 Å². The summed E-state index contributed by atoms with van der Waals surface area (Å²) in [5, 5.41) is 22.0. The van der Waals surface area contributed by atoms with E-state index in [0.29, 0.717) is 6.61 Å². The minimum absolute atomic E-state index is 0.0728. The van der Waals surface area contributed by atoms with Gasteiger partial charge in [-0.3, -0.25) is 20.2 Å². The summed E-state index contributed by atoms with van der Waals surface area (Å²) in [6, 6.07) is 19.7. The van der Waals surface area contributed by atoms with E-state index in [0.717, 1.165) is 73.8 Å². The van der Waals surface area contributed by atoms with E-state index in [1.165, 1.54) is 37.8 Å². The van der Waals surface area contributed by atoms with E-state index in [4.69, 9.17) is 14.2 Å². The third kappa shape index (κ3) is 10.2. The Hall–Kier alpha value is -4.14. The number of non-ortho nitro benzene ring substituents is 1. The fourth-order valence-corrected chi connectivity index (χ4v) is 4.40. The number of hydrogen-bond donors (Lipinski definition) is 0. The van der Waals surface area contributed by atoms with Crippen LogP contribution < -0.4 is 14.2 Å². The molecule has 3 aromatic rings. The van der Waals surface area contributed by atoms with Crippen molar-refractivity contribution in [2.45, 2.75) is 64.2 Å². The quantitative estimate of drug-likeness (QED) is 0.0834. The lowest BCUT2D eigenvalue weighted by Crippen LogP contribution is -2.01. The van der Waals surface area contributed by atoms with Crippen LogP contribution in [-0.4, -0.2) is 30.2 Å². The average molecular weight is 551 g/mol. The Morgan fingerprint density at radius 3 is 1.52 bits per heavy atom. The lowest BCUT2D eigenvalue weighted by molar-refractivity contribution is -0.394. The summed E-state index contributed by atoms with van der Waals surface area (Å²) in [7, 11) is 1.67. The fraction of sp³-hybridized carbons (Fsp3) is 0.419. The molecule has 0 aliphatic carbocycles. The Labute approximate surface area is 235 Å². The van der Waals surface area contributed by atoms with E-state index in [9.17, 15) is 20.2 Å². The zero-order valence-electron chi connectivity index (χ0n) is 23.1. The molecule has 9 nitrogen and oxygen atoms in total. The Morgan fingerprint density at radius 2 is 1.05 bits per heavy atom. The smallest absolute Gasteiger partial charge is 0.317 e. The molecule has 3 rings (SSSR count). The van der Waals surface area contributed by atoms with Crippen LogP contribution >= 0.6 is 0 Å². The van der Waals surface area contributed by atoms with Gasteiger partial charge in [-0.1, -0.05) is 75.6 Å². The second-order valence-corrected chi connectivity index (χ2v) is 9.65. The van der Waals surface area contributed by atoms with Gasteiger partial charge >= 0.3 is 5.69 Å². The van der Waals surface area contributed by atoms with Crippen molar-refractivity contribution in [1.29, 1.82) is 0 Å². The fourth-order valence-electron chi connectivity index (χ4n) is 4.40. The number of unbranched alkanes of at least 4 members (excludes halogenated alkanes) is 9. The zero-order valence-corrected chi connectivity index (χ0v) is 23.1. The molecule has 0 spiro atoms. The summed E-state index contributed by atoms with van der Waals surface area (Å²) in [6.07, 6.45) is 11.1. The van der Waals surface area contributed by atoms with Crippen LogP contribution in [-0.2, 0) is 0 Å². The summed E-state index contributed by atoms with van der Waals surface area (Å²) in [4.78, 5) is 20.7. The van der Waals surface area contributed by atoms with Crippen molar-refractivity contribution in [2.75, 3.05) is 20.3 Å². The monoisotopic (exact) mass is 550 g/mol. The number of nitro groups is 2. The maximum Gasteiger partial charge on any atom is 0.317 e. The molecule has 9 heteroatoms. The van der Waals surface area contributed by atoms with E-state index in [-0.39, 0.29) is 17.1 Å². The van der Waals surface area contributed by atoms with Crippen molar-refractivity contribution in [3.05, 3.63) is 87.0 Å². The van der Waals surface area contributed by atoms with Gasteiger partial charge in [-0.05, 0) is 54.3 Å². The summed E-state index contributed by atoms with van der Waals surface area (Å²) in [6.45, 7) is 1.08. The normalized spacial score (nSPS) is 10.7. The molecule has 0 N–H and O–H groups in total. The van der Waals surface area contributed by atoms with Gasteiger partial charge in [0, 0.05) is 6.07 Å². The van der Waals surface area contributed by atoms with Gasteiger partial charge in [0.2, 0.25) is 0 Å². The highest BCUT2D eigenvalue weighted by molar-refractivity contribution is 5.64. The van der Waals surface area contributed by atoms with Gasteiger partial charge in [-0.2, -0.15) is 0 Å². The van der Waals surface area contributed by atoms with Crippen LogP contribution in [0.3, 0.4) is 0 Å². The Bertz CT molecular complexity index is 1200. The molecule has 0 atom stereocenters. The van der Waals surface area contributed by atoms with Crippen LogP contribution in [0.5, 0.6) is 17.2 Å². The predicted molar refractivity (Wildman–Crippen MR) is 155 cm³/mol. The number of rotatable bonds is 19. The summed E-state index contributed by atoms with van der Waals surface area (Å²) < 4.78 is 16.6. The van der Waals surface area contributed by atoms with Gasteiger partial charge in [0.1, 0.15) is 11.5 Å². The maximum absolute atomic E-state index is 11.1. The van der Waals surface area contributed by atoms with Crippen molar-refractivity contribution >= 4 is 11.4 Å². The van der Waals surface area contributed by atoms with Crippen LogP contribution in [0.4, 0.5) is 11.4 Å². The number of methoxy groups -OCH3 is 1. The van der Waals surface area contributed by atoms with E-state index >= 15 is 0 Å². The molecule has 0 bridgehead atoms. The summed E-state index contributed by atoms with van der Waals surface area (Å²) in [5.41, 5.74) is 1.60. The van der Waals surface area contributed by atoms with Gasteiger partial charge in [-0.25, -0.2) is 0 Å². The second-order valence-electron chi connectivity index (χ2n) is 9.65. The molecular formula is C31H38N2O7. The molecule has 0 aromatic heterocycles. The van der Waals surface area contributed by atoms with Gasteiger partial charge in [0.05, 0.1) is 36.2 Å². The SMILES string of the molecule is COc1ccc(-c2ccc(OCCCCCCCCCCCCOc3ccc([N+](=O)[O-])cc3[N+](=O)[O-])cc2)cc1. The molecule has 0 radical (unpaired) electrons. The highest BCUT2D eigenvalue weighted by atomic mass is 16.6. The third-order valence-corrected chi connectivity index (χ3v) is 6.69. The topological polar surface area (TPSA) is 114 Å². The maximum atomic E-state index is 11.1. The first-order chi connectivity index (χ1) is 19.5. The lowest BCUT2D eigenvalue weighted by Gasteiger charge is -2.08. The number of nitrogens with zero attached hydrogens (tertiary/aromatic N) is 2. The zero-order chi connectivity index (χ0) is 28.6. The van der Waals surface area contributed by atoms with Crippen LogP contribution in [0.2, 0.25) is 0 Å². The van der Waals surface area contributed by atoms with Crippen LogP contribution in [0, 0.1) is 20.2 Å². The molecular weight excluding hydrogens is 512 g/mol. The second kappa shape index (κ2) is 16.7. The first kappa shape index (κ1) is 30.4. The van der Waals surface area contributed by atoms with Gasteiger partial charge in [0.25, 0.3) is 5.69 Å². The molecule has 3 aromatic carbocycles. The van der Waals surface area contributed by atoms with Crippen LogP contribution in [0.25, 0.3) is 11.1 Å². The summed E-state index contributed by atoms with van der Waals surface area (Å²) >= 11 is 0. The summed E-state index contributed by atoms with van der Waals surface area (Å²) in [5.74, 6) is 1.82. The Morgan fingerprint density at radius 1 is 0.575 bits per heavy atom. The Kier molecular flexibility index (Phi) is 12.7. The Balaban J connectivity index is 1.16. The van der Waals surface area contributed by atoms with Crippen molar-refractivity contribution in [3.63, 3.8) is 0 Å². The highest BCUT2D eigenvalue weighted by Crippen LogP contribution is 2.31. The van der Waals surface area contributed by atoms with Gasteiger partial charge in [0.15, 0.2) is 5.75 Å². The van der Waals surface area contributed by atoms with Gasteiger partial charge < -0.3 is 14.2 Å². The largest absolute Gasteiger partial charge is 0.497 e. The van der Waals surface area contributed by atoms with Crippen molar-refractivity contribution < 1.29 is 24.1 Å². The highest BCUT2D eigenvalue weighted by Gasteiger charge is 2.20. The minimum atomic E-state index is -0.656. The molecule has 0 saturated heterocycles. The number of nitro benzene ring substituents is 2. The van der Waals surface area contributed by atoms with Crippen molar-refractivity contribution in [3.8, 4) is 28.4 Å². The van der Waals surface area contributed by atoms with Gasteiger partial charge in [-0.15, -0.1) is 0 Å². The number of hydrogen-bond acceptors (Lipinski definition) is 7. The lowest BCUT2D eigenvalue weighted by atomic mass is 10.1. The molecule has 0 aliphatic heterocycles. The minimum Gasteiger partial charge on any atom is -0.497 e. The molecule has 214 valence electrons. The van der Waals surface area contributed by atoms with E-state index in [2.05, 4.69) is 12.1 Å². The first-order valence-corrected chi connectivity index (χ1v) is 13.9. The van der Waals surface area contributed by atoms with Crippen LogP contribution in [0.1, 0.15) is 64.2 Å². The van der Waals surface area contributed by atoms with Crippen molar-refractivity contribution in [2.24, 2.45) is 0 Å². The predicted octanol–water partition coefficient (Wildman–Crippen LogP) is 8.54. The standard InChI is InChI=1S/C31H38N2O7/c1-38-28-17-12-25(13-18-28)26-14-19-29(20-15-26)39-22-10-8-6-4-2-3-5-7-9-11-23-40-31-21-16-27(32(34)35)24-30(31)33(36)37/h12-21,24H,2-11,22-23H2,1H3. The van der Waals surface area contributed by atoms with E-state index in [1.54, 1.807) is 7.11 Å². The van der Waals surface area contributed by atoms with E-state index in [1.807, 2.05) is 36.4 Å². The molecule has 0 heterocycles. The molecule has 0 unspecified atom stereocenters. The van der Waals surface area contributed by atoms with E-state index < -0.39 is 9.85 Å². The average Bonchev–Trinajstić information content (AvgIpc) is 2.97. The first-order valence-electron chi connectivity index (χ1n) is 13.9.